The van der Waals surface area contributed by atoms with Crippen LogP contribution in [0.25, 0.3) is 71.8 Å². The maximum absolute atomic E-state index is 9.66. The molecule has 0 bridgehead atoms. The number of fused-ring (bicyclic) bond motifs is 6. The minimum atomic E-state index is 0.560. The van der Waals surface area contributed by atoms with Crippen LogP contribution >= 0.6 is 0 Å². The number of para-hydroxylation sites is 3. The molecule has 3 heterocycles. The lowest BCUT2D eigenvalue weighted by Gasteiger charge is -2.15. The molecule has 8 rings (SSSR count). The molecule has 0 fully saturated rings. The molecule has 186 valence electrons. The van der Waals surface area contributed by atoms with Gasteiger partial charge in [0.2, 0.25) is 0 Å². The van der Waals surface area contributed by atoms with E-state index in [1.165, 1.54) is 10.8 Å². The van der Waals surface area contributed by atoms with E-state index in [0.29, 0.717) is 11.3 Å². The summed E-state index contributed by atoms with van der Waals surface area (Å²) in [5, 5.41) is 14.3. The molecule has 0 saturated carbocycles. The zero-order valence-electron chi connectivity index (χ0n) is 21.4. The predicted molar refractivity (Wildman–Crippen MR) is 161 cm³/mol. The van der Waals surface area contributed by atoms with Gasteiger partial charge < -0.3 is 8.98 Å². The molecule has 0 aliphatic heterocycles. The average Bonchev–Trinajstić information content (AvgIpc) is 3.54. The monoisotopic (exact) mass is 511 g/mol. The molecule has 0 atom stereocenters. The summed E-state index contributed by atoms with van der Waals surface area (Å²) < 4.78 is 8.64. The Labute approximate surface area is 230 Å². The first kappa shape index (κ1) is 22.3. The van der Waals surface area contributed by atoms with Crippen LogP contribution in [0.4, 0.5) is 0 Å². The summed E-state index contributed by atoms with van der Waals surface area (Å²) in [6.07, 6.45) is 1.73. The van der Waals surface area contributed by atoms with E-state index < -0.39 is 0 Å². The van der Waals surface area contributed by atoms with Crippen molar-refractivity contribution in [1.29, 1.82) is 5.26 Å². The third-order valence-electron chi connectivity index (χ3n) is 7.69. The van der Waals surface area contributed by atoms with Crippen molar-refractivity contribution in [3.8, 4) is 34.1 Å². The lowest BCUT2D eigenvalue weighted by molar-refractivity contribution is 0.669. The first-order valence-corrected chi connectivity index (χ1v) is 13.2. The van der Waals surface area contributed by atoms with Crippen molar-refractivity contribution in [2.24, 2.45) is 0 Å². The van der Waals surface area contributed by atoms with Gasteiger partial charge >= 0.3 is 0 Å². The molecule has 4 heteroatoms. The Kier molecular flexibility index (Phi) is 4.85. The molecule has 0 radical (unpaired) electrons. The highest BCUT2D eigenvalue weighted by atomic mass is 16.3. The number of aromatic nitrogens is 2. The van der Waals surface area contributed by atoms with Crippen LogP contribution in [0.2, 0.25) is 0 Å². The van der Waals surface area contributed by atoms with Crippen molar-refractivity contribution in [1.82, 2.24) is 9.55 Å². The van der Waals surface area contributed by atoms with Crippen LogP contribution in [0, 0.1) is 11.3 Å². The van der Waals surface area contributed by atoms with E-state index in [4.69, 9.17) is 4.42 Å². The molecular weight excluding hydrogens is 490 g/mol. The fourth-order valence-corrected chi connectivity index (χ4v) is 5.92. The Morgan fingerprint density at radius 1 is 0.600 bits per heavy atom. The van der Waals surface area contributed by atoms with E-state index in [-0.39, 0.29) is 0 Å². The second kappa shape index (κ2) is 8.69. The summed E-state index contributed by atoms with van der Waals surface area (Å²) in [6, 6.07) is 43.8. The van der Waals surface area contributed by atoms with Crippen LogP contribution < -0.4 is 0 Å². The van der Waals surface area contributed by atoms with Gasteiger partial charge in [-0.1, -0.05) is 72.8 Å². The highest BCUT2D eigenvalue weighted by Gasteiger charge is 2.18. The van der Waals surface area contributed by atoms with Crippen molar-refractivity contribution in [2.45, 2.75) is 0 Å². The molecule has 4 nitrogen and oxygen atoms in total. The van der Waals surface area contributed by atoms with Crippen LogP contribution in [-0.4, -0.2) is 9.55 Å². The van der Waals surface area contributed by atoms with Crippen molar-refractivity contribution in [2.75, 3.05) is 0 Å². The summed E-state index contributed by atoms with van der Waals surface area (Å²) in [5.74, 6) is 0. The number of hydrogen-bond donors (Lipinski definition) is 0. The molecule has 0 spiro atoms. The first-order valence-electron chi connectivity index (χ1n) is 13.2. The predicted octanol–water partition coefficient (Wildman–Crippen LogP) is 9.28. The summed E-state index contributed by atoms with van der Waals surface area (Å²) in [5.41, 5.74) is 9.37. The van der Waals surface area contributed by atoms with Crippen molar-refractivity contribution >= 4 is 43.7 Å². The quantitative estimate of drug-likeness (QED) is 0.237. The molecule has 0 aliphatic rings. The Hall–Kier alpha value is -5.66. The number of nitrogens with zero attached hydrogens (tertiary/aromatic N) is 3. The van der Waals surface area contributed by atoms with Crippen LogP contribution in [0.5, 0.6) is 0 Å². The maximum Gasteiger partial charge on any atom is 0.137 e. The van der Waals surface area contributed by atoms with Crippen molar-refractivity contribution in [3.05, 3.63) is 133 Å². The highest BCUT2D eigenvalue weighted by molar-refractivity contribution is 6.17. The van der Waals surface area contributed by atoms with Crippen LogP contribution in [0.1, 0.15) is 5.56 Å². The molecule has 8 aromatic rings. The molecule has 5 aromatic carbocycles. The third kappa shape index (κ3) is 3.28. The lowest BCUT2D eigenvalue weighted by atomic mass is 9.98. The zero-order chi connectivity index (χ0) is 26.6. The van der Waals surface area contributed by atoms with E-state index in [1.54, 1.807) is 18.3 Å². The molecule has 0 amide bonds. The summed E-state index contributed by atoms with van der Waals surface area (Å²) >= 11 is 0. The first-order chi connectivity index (χ1) is 19.8. The Morgan fingerprint density at radius 3 is 2.33 bits per heavy atom. The summed E-state index contributed by atoms with van der Waals surface area (Å²) in [4.78, 5) is 4.52. The van der Waals surface area contributed by atoms with Gasteiger partial charge in [0.1, 0.15) is 17.2 Å². The smallest absolute Gasteiger partial charge is 0.137 e. The van der Waals surface area contributed by atoms with Gasteiger partial charge in [-0.15, -0.1) is 0 Å². The molecular formula is C36H21N3O. The molecule has 0 aliphatic carbocycles. The van der Waals surface area contributed by atoms with E-state index in [0.717, 1.165) is 55.3 Å². The molecule has 0 N–H and O–H groups in total. The number of rotatable bonds is 3. The molecule has 0 unspecified atom stereocenters. The van der Waals surface area contributed by atoms with E-state index in [2.05, 4.69) is 101 Å². The lowest BCUT2D eigenvalue weighted by Crippen LogP contribution is -1.97. The van der Waals surface area contributed by atoms with Gasteiger partial charge in [0.15, 0.2) is 0 Å². The second-order valence-electron chi connectivity index (χ2n) is 9.93. The Balaban J connectivity index is 1.41. The number of benzene rings is 5. The van der Waals surface area contributed by atoms with Gasteiger partial charge in [0, 0.05) is 44.9 Å². The number of hydrogen-bond acceptors (Lipinski definition) is 3. The fourth-order valence-electron chi connectivity index (χ4n) is 5.92. The van der Waals surface area contributed by atoms with Gasteiger partial charge in [-0.25, -0.2) is 0 Å². The SMILES string of the molecule is N#Cc1cccnc1-c1cccc(-c2ccccc2-n2c3ccccc3c3cc4c(cc32)oc2ccccc24)c1. The normalized spacial score (nSPS) is 11.5. The minimum Gasteiger partial charge on any atom is -0.456 e. The fraction of sp³-hybridized carbons (Fsp3) is 0. The van der Waals surface area contributed by atoms with Crippen molar-refractivity contribution in [3.63, 3.8) is 0 Å². The van der Waals surface area contributed by atoms with Crippen LogP contribution in [0.3, 0.4) is 0 Å². The molecule has 3 aromatic heterocycles. The zero-order valence-corrected chi connectivity index (χ0v) is 21.4. The standard InChI is InChI=1S/C36H21N3O/c37-22-25-11-8-18-38-36(25)24-10-7-9-23(19-24)26-12-1-4-15-31(26)39-32-16-5-2-13-27(32)29-20-30-28-14-3-6-17-34(28)40-35(30)21-33(29)39/h1-21H. The van der Waals surface area contributed by atoms with Crippen LogP contribution in [0.15, 0.2) is 132 Å². The summed E-state index contributed by atoms with van der Waals surface area (Å²) in [7, 11) is 0. The van der Waals surface area contributed by atoms with Gasteiger partial charge in [-0.05, 0) is 48.0 Å². The number of pyridine rings is 1. The van der Waals surface area contributed by atoms with Gasteiger partial charge in [-0.3, -0.25) is 4.98 Å². The highest BCUT2D eigenvalue weighted by Crippen LogP contribution is 2.40. The van der Waals surface area contributed by atoms with Crippen molar-refractivity contribution < 1.29 is 4.42 Å². The van der Waals surface area contributed by atoms with Gasteiger partial charge in [0.25, 0.3) is 0 Å². The van der Waals surface area contributed by atoms with Crippen LogP contribution in [-0.2, 0) is 0 Å². The Morgan fingerprint density at radius 2 is 1.40 bits per heavy atom. The third-order valence-corrected chi connectivity index (χ3v) is 7.69. The van der Waals surface area contributed by atoms with E-state index in [9.17, 15) is 5.26 Å². The number of furan rings is 1. The summed E-state index contributed by atoms with van der Waals surface area (Å²) in [6.45, 7) is 0. The van der Waals surface area contributed by atoms with E-state index >= 15 is 0 Å². The van der Waals surface area contributed by atoms with Gasteiger partial charge in [-0.2, -0.15) is 5.26 Å². The minimum absolute atomic E-state index is 0.560. The molecule has 0 saturated heterocycles. The van der Waals surface area contributed by atoms with Gasteiger partial charge in [0.05, 0.1) is 28.0 Å². The molecule has 40 heavy (non-hydrogen) atoms. The second-order valence-corrected chi connectivity index (χ2v) is 9.93. The maximum atomic E-state index is 9.66. The average molecular weight is 512 g/mol. The Bertz CT molecular complexity index is 2300. The largest absolute Gasteiger partial charge is 0.456 e. The van der Waals surface area contributed by atoms with E-state index in [1.807, 2.05) is 24.3 Å². The number of nitriles is 1. The topological polar surface area (TPSA) is 54.8 Å².